The number of carbonyl (C=O) groups is 2. The fourth-order valence-corrected chi connectivity index (χ4v) is 3.93. The fourth-order valence-electron chi connectivity index (χ4n) is 3.93. The Morgan fingerprint density at radius 1 is 1.21 bits per heavy atom. The summed E-state index contributed by atoms with van der Waals surface area (Å²) in [5.41, 5.74) is 3.32. The molecule has 2 amide bonds. The van der Waals surface area contributed by atoms with Gasteiger partial charge in [-0.15, -0.1) is 0 Å². The predicted molar refractivity (Wildman–Crippen MR) is 128 cm³/mol. The highest BCUT2D eigenvalue weighted by Gasteiger charge is 2.24. The lowest BCUT2D eigenvalue weighted by Gasteiger charge is -2.18. The lowest BCUT2D eigenvalue weighted by atomic mass is 10.1. The highest BCUT2D eigenvalue weighted by molar-refractivity contribution is 6.06. The van der Waals surface area contributed by atoms with E-state index < -0.39 is 0 Å². The molecule has 1 aromatic carbocycles. The first-order valence-corrected chi connectivity index (χ1v) is 11.5. The van der Waals surface area contributed by atoms with Gasteiger partial charge in [0, 0.05) is 31.2 Å². The number of hydrogen-bond acceptors (Lipinski definition) is 5. The predicted octanol–water partition coefficient (Wildman–Crippen LogP) is 4.44. The monoisotopic (exact) mass is 457 g/mol. The van der Waals surface area contributed by atoms with Crippen molar-refractivity contribution in [3.63, 3.8) is 0 Å². The van der Waals surface area contributed by atoms with Gasteiger partial charge in [-0.2, -0.15) is 5.10 Å². The standard InChI is InChI=1S/C26H27N5O3/c1-16(2)31-24-21(14-27-31)20(13-22(29-24)23-5-4-12-34-23)26(33)30(3)15-17-6-8-18(9-7-17)25(32)28-19-10-11-19/h4-9,12-14,16,19H,10-11,15H2,1-3H3,(H,28,32). The van der Waals surface area contributed by atoms with Crippen molar-refractivity contribution in [1.82, 2.24) is 25.0 Å². The van der Waals surface area contributed by atoms with Crippen molar-refractivity contribution in [2.45, 2.75) is 45.3 Å². The molecule has 4 aromatic rings. The van der Waals surface area contributed by atoms with Gasteiger partial charge in [-0.05, 0) is 62.6 Å². The van der Waals surface area contributed by atoms with Gasteiger partial charge in [0.15, 0.2) is 11.4 Å². The number of pyridine rings is 1. The first kappa shape index (κ1) is 21.9. The zero-order chi connectivity index (χ0) is 23.8. The molecule has 8 heteroatoms. The number of fused-ring (bicyclic) bond motifs is 1. The van der Waals surface area contributed by atoms with E-state index >= 15 is 0 Å². The van der Waals surface area contributed by atoms with Crippen LogP contribution in [0.15, 0.2) is 59.3 Å². The molecule has 0 saturated heterocycles. The molecule has 1 saturated carbocycles. The average molecular weight is 458 g/mol. The Labute approximate surface area is 197 Å². The van der Waals surface area contributed by atoms with Crippen LogP contribution in [-0.2, 0) is 6.54 Å². The quantitative estimate of drug-likeness (QED) is 0.443. The number of amides is 2. The Bertz CT molecular complexity index is 1340. The summed E-state index contributed by atoms with van der Waals surface area (Å²) in [7, 11) is 1.77. The Morgan fingerprint density at radius 3 is 2.62 bits per heavy atom. The Kier molecular flexibility index (Phi) is 5.65. The maximum atomic E-state index is 13.5. The molecule has 3 heterocycles. The molecular weight excluding hydrogens is 430 g/mol. The molecule has 34 heavy (non-hydrogen) atoms. The highest BCUT2D eigenvalue weighted by Crippen LogP contribution is 2.27. The third kappa shape index (κ3) is 4.31. The third-order valence-corrected chi connectivity index (χ3v) is 5.96. The molecule has 1 aliphatic rings. The Morgan fingerprint density at radius 2 is 1.97 bits per heavy atom. The van der Waals surface area contributed by atoms with Gasteiger partial charge in [-0.3, -0.25) is 9.59 Å². The molecule has 0 aliphatic heterocycles. The number of aromatic nitrogens is 3. The second kappa shape index (κ2) is 8.78. The van der Waals surface area contributed by atoms with Gasteiger partial charge in [0.25, 0.3) is 11.8 Å². The number of furan rings is 1. The second-order valence-electron chi connectivity index (χ2n) is 9.06. The molecule has 3 aromatic heterocycles. The highest BCUT2D eigenvalue weighted by atomic mass is 16.3. The average Bonchev–Trinajstić information content (AvgIpc) is 3.30. The van der Waals surface area contributed by atoms with E-state index in [2.05, 4.69) is 10.4 Å². The van der Waals surface area contributed by atoms with E-state index in [4.69, 9.17) is 9.40 Å². The van der Waals surface area contributed by atoms with E-state index in [1.165, 1.54) is 0 Å². The molecular formula is C26H27N5O3. The van der Waals surface area contributed by atoms with Crippen LogP contribution in [0.3, 0.4) is 0 Å². The number of benzene rings is 1. The first-order valence-electron chi connectivity index (χ1n) is 11.5. The van der Waals surface area contributed by atoms with Crippen LogP contribution in [0.1, 0.15) is 59.0 Å². The number of nitrogens with one attached hydrogen (secondary N) is 1. The summed E-state index contributed by atoms with van der Waals surface area (Å²) in [6.07, 6.45) is 5.39. The van der Waals surface area contributed by atoms with Crippen LogP contribution in [0.2, 0.25) is 0 Å². The van der Waals surface area contributed by atoms with Gasteiger partial charge < -0.3 is 14.6 Å². The van der Waals surface area contributed by atoms with Crippen LogP contribution in [0.25, 0.3) is 22.5 Å². The molecule has 8 nitrogen and oxygen atoms in total. The summed E-state index contributed by atoms with van der Waals surface area (Å²) in [6.45, 7) is 4.45. The van der Waals surface area contributed by atoms with Crippen molar-refractivity contribution in [2.24, 2.45) is 0 Å². The van der Waals surface area contributed by atoms with E-state index in [1.807, 2.05) is 36.7 Å². The second-order valence-corrected chi connectivity index (χ2v) is 9.06. The molecule has 0 unspecified atom stereocenters. The van der Waals surface area contributed by atoms with Crippen LogP contribution in [0.4, 0.5) is 0 Å². The van der Waals surface area contributed by atoms with E-state index in [0.29, 0.717) is 46.2 Å². The number of rotatable bonds is 7. The van der Waals surface area contributed by atoms with E-state index in [9.17, 15) is 9.59 Å². The molecule has 1 N–H and O–H groups in total. The molecule has 1 aliphatic carbocycles. The number of nitrogens with zero attached hydrogens (tertiary/aromatic N) is 4. The van der Waals surface area contributed by atoms with Gasteiger partial charge in [-0.25, -0.2) is 9.67 Å². The fraction of sp³-hybridized carbons (Fsp3) is 0.308. The summed E-state index contributed by atoms with van der Waals surface area (Å²) in [5, 5.41) is 8.16. The van der Waals surface area contributed by atoms with Crippen molar-refractivity contribution < 1.29 is 14.0 Å². The van der Waals surface area contributed by atoms with Crippen LogP contribution in [0.5, 0.6) is 0 Å². The lowest BCUT2D eigenvalue weighted by molar-refractivity contribution is 0.0786. The van der Waals surface area contributed by atoms with Crippen LogP contribution >= 0.6 is 0 Å². The normalized spacial score (nSPS) is 13.4. The molecule has 174 valence electrons. The van der Waals surface area contributed by atoms with Crippen LogP contribution in [-0.4, -0.2) is 44.6 Å². The maximum absolute atomic E-state index is 13.5. The van der Waals surface area contributed by atoms with Crippen LogP contribution < -0.4 is 5.32 Å². The molecule has 0 radical (unpaired) electrons. The lowest BCUT2D eigenvalue weighted by Crippen LogP contribution is -2.27. The molecule has 0 spiro atoms. The Balaban J connectivity index is 1.41. The van der Waals surface area contributed by atoms with Gasteiger partial charge in [0.1, 0.15) is 5.69 Å². The molecule has 0 bridgehead atoms. The minimum Gasteiger partial charge on any atom is -0.463 e. The molecule has 5 rings (SSSR count). The van der Waals surface area contributed by atoms with Gasteiger partial charge in [-0.1, -0.05) is 12.1 Å². The zero-order valence-electron chi connectivity index (χ0n) is 19.5. The summed E-state index contributed by atoms with van der Waals surface area (Å²) in [5.74, 6) is 0.402. The SMILES string of the molecule is CC(C)n1ncc2c(C(=O)N(C)Cc3ccc(C(=O)NC4CC4)cc3)cc(-c3ccco3)nc21. The summed E-state index contributed by atoms with van der Waals surface area (Å²) < 4.78 is 7.35. The van der Waals surface area contributed by atoms with Crippen molar-refractivity contribution in [3.05, 3.63) is 71.6 Å². The smallest absolute Gasteiger partial charge is 0.254 e. The zero-order valence-corrected chi connectivity index (χ0v) is 19.5. The minimum absolute atomic E-state index is 0.0507. The minimum atomic E-state index is -0.140. The van der Waals surface area contributed by atoms with E-state index in [1.54, 1.807) is 48.7 Å². The van der Waals surface area contributed by atoms with Crippen molar-refractivity contribution >= 4 is 22.8 Å². The van der Waals surface area contributed by atoms with E-state index in [-0.39, 0.29) is 17.9 Å². The van der Waals surface area contributed by atoms with Gasteiger partial charge in [0.05, 0.1) is 23.4 Å². The summed E-state index contributed by atoms with van der Waals surface area (Å²) >= 11 is 0. The largest absolute Gasteiger partial charge is 0.463 e. The van der Waals surface area contributed by atoms with Crippen LogP contribution in [0, 0.1) is 0 Å². The molecule has 1 fully saturated rings. The van der Waals surface area contributed by atoms with Crippen molar-refractivity contribution in [3.8, 4) is 11.5 Å². The maximum Gasteiger partial charge on any atom is 0.254 e. The third-order valence-electron chi connectivity index (χ3n) is 5.96. The van der Waals surface area contributed by atoms with Gasteiger partial charge in [0.2, 0.25) is 0 Å². The number of carbonyl (C=O) groups excluding carboxylic acids is 2. The summed E-state index contributed by atoms with van der Waals surface area (Å²) in [4.78, 5) is 32.2. The van der Waals surface area contributed by atoms with Crippen molar-refractivity contribution in [1.29, 1.82) is 0 Å². The summed E-state index contributed by atoms with van der Waals surface area (Å²) in [6, 6.07) is 13.2. The Hall–Kier alpha value is -3.94. The number of hydrogen-bond donors (Lipinski definition) is 1. The van der Waals surface area contributed by atoms with Crippen molar-refractivity contribution in [2.75, 3.05) is 7.05 Å². The van der Waals surface area contributed by atoms with E-state index in [0.717, 1.165) is 18.4 Å². The van der Waals surface area contributed by atoms with Gasteiger partial charge >= 0.3 is 0 Å². The molecule has 0 atom stereocenters. The topological polar surface area (TPSA) is 93.3 Å². The first-order chi connectivity index (χ1) is 16.4.